The highest BCUT2D eigenvalue weighted by Gasteiger charge is 2.06. The molecule has 0 aliphatic carbocycles. The van der Waals surface area contributed by atoms with Crippen LogP contribution in [0.25, 0.3) is 0 Å². The van der Waals surface area contributed by atoms with Crippen LogP contribution in [-0.4, -0.2) is 51.3 Å². The molecule has 0 bridgehead atoms. The number of ether oxygens (including phenoxy) is 2. The van der Waals surface area contributed by atoms with E-state index in [0.717, 1.165) is 36.8 Å². The molecule has 2 aromatic rings. The molecular weight excluding hydrogens is 473 g/mol. The van der Waals surface area contributed by atoms with Gasteiger partial charge in [0.05, 0.1) is 13.2 Å². The summed E-state index contributed by atoms with van der Waals surface area (Å²) in [6.07, 6.45) is 1.03. The molecule has 0 amide bonds. The molecule has 7 heteroatoms. The summed E-state index contributed by atoms with van der Waals surface area (Å²) in [6, 6.07) is 12.3. The Balaban J connectivity index is 0.00000364. The number of nitrogens with zero attached hydrogens (tertiary/aromatic N) is 2. The van der Waals surface area contributed by atoms with Crippen LogP contribution in [0.1, 0.15) is 17.4 Å². The standard InChI is InChI=1S/C20H29N3O2S.HI/c1-4-21-20(23(2)11-10-19-9-6-14-26-19)22-16-17-7-5-8-18(15-17)25-13-12-24-3;/h5-9,14-15H,4,10-13,16H2,1-3H3,(H,21,22);1H. The van der Waals surface area contributed by atoms with Crippen molar-refractivity contribution in [3.05, 3.63) is 52.2 Å². The van der Waals surface area contributed by atoms with Crippen LogP contribution in [0.2, 0.25) is 0 Å². The number of hydrogen-bond acceptors (Lipinski definition) is 4. The number of likely N-dealkylation sites (N-methyl/N-ethyl adjacent to an activating group) is 1. The molecule has 0 fully saturated rings. The largest absolute Gasteiger partial charge is 0.491 e. The molecule has 1 N–H and O–H groups in total. The molecule has 1 aromatic carbocycles. The van der Waals surface area contributed by atoms with Gasteiger partial charge >= 0.3 is 0 Å². The smallest absolute Gasteiger partial charge is 0.193 e. The van der Waals surface area contributed by atoms with E-state index in [1.54, 1.807) is 18.4 Å². The number of rotatable bonds is 10. The summed E-state index contributed by atoms with van der Waals surface area (Å²) < 4.78 is 10.7. The molecule has 0 radical (unpaired) electrons. The SMILES string of the molecule is CCNC(=NCc1cccc(OCCOC)c1)N(C)CCc1cccs1.I. The molecule has 150 valence electrons. The van der Waals surface area contributed by atoms with Gasteiger partial charge in [0.15, 0.2) is 5.96 Å². The molecule has 2 rings (SSSR count). The van der Waals surface area contributed by atoms with Crippen molar-refractivity contribution in [2.45, 2.75) is 19.9 Å². The Morgan fingerprint density at radius 1 is 1.22 bits per heavy atom. The summed E-state index contributed by atoms with van der Waals surface area (Å²) in [7, 11) is 3.76. The minimum Gasteiger partial charge on any atom is -0.491 e. The lowest BCUT2D eigenvalue weighted by atomic mass is 10.2. The van der Waals surface area contributed by atoms with E-state index in [0.29, 0.717) is 19.8 Å². The second-order valence-corrected chi connectivity index (χ2v) is 6.94. The molecule has 0 unspecified atom stereocenters. The van der Waals surface area contributed by atoms with E-state index in [-0.39, 0.29) is 24.0 Å². The lowest BCUT2D eigenvalue weighted by molar-refractivity contribution is 0.146. The fourth-order valence-electron chi connectivity index (χ4n) is 2.45. The van der Waals surface area contributed by atoms with Gasteiger partial charge < -0.3 is 19.7 Å². The number of thiophene rings is 1. The van der Waals surface area contributed by atoms with Crippen LogP contribution >= 0.6 is 35.3 Å². The van der Waals surface area contributed by atoms with E-state index in [4.69, 9.17) is 14.5 Å². The fourth-order valence-corrected chi connectivity index (χ4v) is 3.15. The summed E-state index contributed by atoms with van der Waals surface area (Å²) in [6.45, 7) is 5.63. The van der Waals surface area contributed by atoms with E-state index in [9.17, 15) is 0 Å². The number of hydrogen-bond donors (Lipinski definition) is 1. The third-order valence-corrected chi connectivity index (χ3v) is 4.77. The van der Waals surface area contributed by atoms with Crippen LogP contribution in [0.3, 0.4) is 0 Å². The summed E-state index contributed by atoms with van der Waals surface area (Å²) in [5.74, 6) is 1.78. The molecule has 27 heavy (non-hydrogen) atoms. The molecule has 0 atom stereocenters. The van der Waals surface area contributed by atoms with Crippen LogP contribution in [0.15, 0.2) is 46.8 Å². The van der Waals surface area contributed by atoms with Crippen molar-refractivity contribution >= 4 is 41.3 Å². The Hall–Kier alpha value is -1.32. The minimum absolute atomic E-state index is 0. The number of halogens is 1. The van der Waals surface area contributed by atoms with Crippen LogP contribution in [0, 0.1) is 0 Å². The Kier molecular flexibility index (Phi) is 12.1. The maximum Gasteiger partial charge on any atom is 0.193 e. The van der Waals surface area contributed by atoms with Gasteiger partial charge in [0.2, 0.25) is 0 Å². The van der Waals surface area contributed by atoms with Crippen molar-refractivity contribution in [1.82, 2.24) is 10.2 Å². The summed E-state index contributed by atoms with van der Waals surface area (Å²) in [5, 5.41) is 5.49. The van der Waals surface area contributed by atoms with Gasteiger partial charge in [-0.15, -0.1) is 35.3 Å². The Labute approximate surface area is 183 Å². The van der Waals surface area contributed by atoms with Gasteiger partial charge in [-0.1, -0.05) is 18.2 Å². The molecule has 0 saturated carbocycles. The number of benzene rings is 1. The summed E-state index contributed by atoms with van der Waals surface area (Å²) >= 11 is 1.80. The van der Waals surface area contributed by atoms with Gasteiger partial charge in [0.25, 0.3) is 0 Å². The van der Waals surface area contributed by atoms with Crippen LogP contribution in [0.5, 0.6) is 5.75 Å². The summed E-state index contributed by atoms with van der Waals surface area (Å²) in [5.41, 5.74) is 1.13. The van der Waals surface area contributed by atoms with Crippen molar-refractivity contribution in [3.63, 3.8) is 0 Å². The van der Waals surface area contributed by atoms with E-state index < -0.39 is 0 Å². The fraction of sp³-hybridized carbons (Fsp3) is 0.450. The third-order valence-electron chi connectivity index (χ3n) is 3.84. The first-order chi connectivity index (χ1) is 12.7. The normalized spacial score (nSPS) is 11.0. The van der Waals surface area contributed by atoms with Crippen molar-refractivity contribution < 1.29 is 9.47 Å². The molecule has 1 aromatic heterocycles. The molecule has 0 spiro atoms. The van der Waals surface area contributed by atoms with E-state index in [2.05, 4.69) is 47.8 Å². The second-order valence-electron chi connectivity index (χ2n) is 5.91. The van der Waals surface area contributed by atoms with Crippen molar-refractivity contribution in [2.75, 3.05) is 40.5 Å². The molecule has 1 heterocycles. The number of aliphatic imine (C=N–C) groups is 1. The highest BCUT2D eigenvalue weighted by atomic mass is 127. The quantitative estimate of drug-likeness (QED) is 0.230. The monoisotopic (exact) mass is 503 g/mol. The van der Waals surface area contributed by atoms with Crippen molar-refractivity contribution in [2.24, 2.45) is 4.99 Å². The molecule has 5 nitrogen and oxygen atoms in total. The number of nitrogens with one attached hydrogen (secondary N) is 1. The van der Waals surface area contributed by atoms with Gasteiger partial charge in [-0.2, -0.15) is 0 Å². The van der Waals surface area contributed by atoms with E-state index in [1.807, 2.05) is 18.2 Å². The first kappa shape index (κ1) is 23.7. The maximum absolute atomic E-state index is 5.67. The lowest BCUT2D eigenvalue weighted by Crippen LogP contribution is -2.39. The minimum atomic E-state index is 0. The van der Waals surface area contributed by atoms with E-state index >= 15 is 0 Å². The molecule has 0 saturated heterocycles. The lowest BCUT2D eigenvalue weighted by Gasteiger charge is -2.21. The first-order valence-corrected chi connectivity index (χ1v) is 9.83. The van der Waals surface area contributed by atoms with Gasteiger partial charge in [-0.25, -0.2) is 4.99 Å². The highest BCUT2D eigenvalue weighted by Crippen LogP contribution is 2.14. The predicted molar refractivity (Wildman–Crippen MR) is 125 cm³/mol. The average Bonchev–Trinajstić information content (AvgIpc) is 3.17. The zero-order chi connectivity index (χ0) is 18.6. The topological polar surface area (TPSA) is 46.1 Å². The molecule has 0 aliphatic rings. The number of methoxy groups -OCH3 is 1. The van der Waals surface area contributed by atoms with Gasteiger partial charge in [0, 0.05) is 32.1 Å². The van der Waals surface area contributed by atoms with Crippen LogP contribution in [0.4, 0.5) is 0 Å². The average molecular weight is 503 g/mol. The molecule has 0 aliphatic heterocycles. The zero-order valence-electron chi connectivity index (χ0n) is 16.3. The first-order valence-electron chi connectivity index (χ1n) is 8.95. The Morgan fingerprint density at radius 2 is 2.07 bits per heavy atom. The van der Waals surface area contributed by atoms with Crippen molar-refractivity contribution in [3.8, 4) is 5.75 Å². The predicted octanol–water partition coefficient (Wildman–Crippen LogP) is 4.03. The third kappa shape index (κ3) is 8.94. The Morgan fingerprint density at radius 3 is 2.78 bits per heavy atom. The van der Waals surface area contributed by atoms with Gasteiger partial charge in [-0.05, 0) is 42.5 Å². The summed E-state index contributed by atoms with van der Waals surface area (Å²) in [4.78, 5) is 8.36. The highest BCUT2D eigenvalue weighted by molar-refractivity contribution is 14.0. The van der Waals surface area contributed by atoms with Crippen LogP contribution < -0.4 is 10.1 Å². The van der Waals surface area contributed by atoms with Crippen molar-refractivity contribution in [1.29, 1.82) is 0 Å². The van der Waals surface area contributed by atoms with Crippen LogP contribution in [-0.2, 0) is 17.7 Å². The molecular formula is C20H30IN3O2S. The van der Waals surface area contributed by atoms with Gasteiger partial charge in [-0.3, -0.25) is 0 Å². The van der Waals surface area contributed by atoms with Gasteiger partial charge in [0.1, 0.15) is 12.4 Å². The zero-order valence-corrected chi connectivity index (χ0v) is 19.5. The Bertz CT molecular complexity index is 665. The maximum atomic E-state index is 5.67. The number of guanidine groups is 1. The second kappa shape index (κ2) is 13.8. The van der Waals surface area contributed by atoms with E-state index in [1.165, 1.54) is 4.88 Å².